The van der Waals surface area contributed by atoms with Crippen LogP contribution in [0.1, 0.15) is 40.2 Å². The molecule has 1 aromatic carbocycles. The molecular formula is C17H25FN2O2. The van der Waals surface area contributed by atoms with Gasteiger partial charge in [-0.3, -0.25) is 4.79 Å². The van der Waals surface area contributed by atoms with Crippen LogP contribution < -0.4 is 15.8 Å². The Balaban J connectivity index is 3.02. The van der Waals surface area contributed by atoms with Crippen LogP contribution in [0, 0.1) is 5.82 Å². The molecule has 0 aromatic heterocycles. The Bertz CT molecular complexity index is 566. The highest BCUT2D eigenvalue weighted by atomic mass is 19.1. The number of primary amides is 1. The second-order valence-electron chi connectivity index (χ2n) is 5.86. The molecule has 1 amide bonds. The van der Waals surface area contributed by atoms with E-state index in [2.05, 4.69) is 5.32 Å². The van der Waals surface area contributed by atoms with Gasteiger partial charge in [-0.25, -0.2) is 4.39 Å². The molecule has 0 saturated carbocycles. The minimum absolute atomic E-state index is 0.0242. The highest BCUT2D eigenvalue weighted by Crippen LogP contribution is 2.21. The third-order valence-electron chi connectivity index (χ3n) is 3.02. The number of nitrogens with two attached hydrogens (primary N) is 1. The predicted molar refractivity (Wildman–Crippen MR) is 86.0 cm³/mol. The molecule has 0 aliphatic heterocycles. The molecule has 5 heteroatoms. The summed E-state index contributed by atoms with van der Waals surface area (Å²) >= 11 is 0. The Kier molecular flexibility index (Phi) is 6.40. The monoisotopic (exact) mass is 308 g/mol. The molecule has 4 nitrogen and oxygen atoms in total. The average molecular weight is 308 g/mol. The van der Waals surface area contributed by atoms with Crippen molar-refractivity contribution in [3.05, 3.63) is 40.8 Å². The molecule has 0 radical (unpaired) electrons. The number of hydrogen-bond acceptors (Lipinski definition) is 3. The van der Waals surface area contributed by atoms with Crippen molar-refractivity contribution >= 4 is 5.91 Å². The van der Waals surface area contributed by atoms with E-state index in [0.717, 1.165) is 0 Å². The lowest BCUT2D eigenvalue weighted by molar-refractivity contribution is -0.114. The zero-order chi connectivity index (χ0) is 16.9. The number of amides is 1. The highest BCUT2D eigenvalue weighted by Gasteiger charge is 2.14. The van der Waals surface area contributed by atoms with E-state index in [1.54, 1.807) is 19.1 Å². The van der Waals surface area contributed by atoms with Crippen LogP contribution in [0.15, 0.2) is 29.5 Å². The van der Waals surface area contributed by atoms with Crippen LogP contribution in [0.5, 0.6) is 5.75 Å². The smallest absolute Gasteiger partial charge is 0.246 e. The van der Waals surface area contributed by atoms with Crippen LogP contribution >= 0.6 is 0 Å². The van der Waals surface area contributed by atoms with Crippen molar-refractivity contribution in [3.8, 4) is 5.75 Å². The second-order valence-corrected chi connectivity index (χ2v) is 5.86. The van der Waals surface area contributed by atoms with Crippen LogP contribution in [0.25, 0.3) is 0 Å². The summed E-state index contributed by atoms with van der Waals surface area (Å²) in [6, 6.07) is 4.82. The quantitative estimate of drug-likeness (QED) is 0.761. The third-order valence-corrected chi connectivity index (χ3v) is 3.02. The molecule has 0 saturated heterocycles. The van der Waals surface area contributed by atoms with Crippen molar-refractivity contribution < 1.29 is 13.9 Å². The standard InChI is InChI=1S/C17H25FN2O2/c1-10(2)20-12(5)15(17(19)21)8-13-6-7-14(9-16(13)18)22-11(3)4/h6-7,9-11,20H,8H2,1-5H3,(H2,19,21)/b15-12-. The van der Waals surface area contributed by atoms with Gasteiger partial charge >= 0.3 is 0 Å². The number of rotatable bonds is 7. The van der Waals surface area contributed by atoms with Gasteiger partial charge in [0.05, 0.1) is 6.10 Å². The Morgan fingerprint density at radius 2 is 1.95 bits per heavy atom. The lowest BCUT2D eigenvalue weighted by Gasteiger charge is -2.15. The number of benzene rings is 1. The van der Waals surface area contributed by atoms with E-state index in [4.69, 9.17) is 10.5 Å². The van der Waals surface area contributed by atoms with E-state index in [0.29, 0.717) is 22.6 Å². The van der Waals surface area contributed by atoms with Crippen LogP contribution in [0.4, 0.5) is 4.39 Å². The number of ether oxygens (including phenoxy) is 1. The largest absolute Gasteiger partial charge is 0.491 e. The molecule has 0 unspecified atom stereocenters. The second kappa shape index (κ2) is 7.82. The number of allylic oxidation sites excluding steroid dienone is 1. The third kappa shape index (κ3) is 5.39. The van der Waals surface area contributed by atoms with Gasteiger partial charge in [0.1, 0.15) is 11.6 Å². The van der Waals surface area contributed by atoms with Crippen molar-refractivity contribution in [1.82, 2.24) is 5.32 Å². The lowest BCUT2D eigenvalue weighted by atomic mass is 10.0. The first-order valence-electron chi connectivity index (χ1n) is 7.41. The van der Waals surface area contributed by atoms with Gasteiger partial charge in [-0.05, 0) is 46.2 Å². The summed E-state index contributed by atoms with van der Waals surface area (Å²) in [5, 5.41) is 3.13. The Hall–Kier alpha value is -2.04. The van der Waals surface area contributed by atoms with Crippen molar-refractivity contribution in [1.29, 1.82) is 0 Å². The van der Waals surface area contributed by atoms with Gasteiger partial charge in [0.15, 0.2) is 0 Å². The molecule has 22 heavy (non-hydrogen) atoms. The van der Waals surface area contributed by atoms with Crippen LogP contribution in [0.3, 0.4) is 0 Å². The SMILES string of the molecule is C/C(NC(C)C)=C(\Cc1ccc(OC(C)C)cc1F)C(N)=O. The Labute approximate surface area is 131 Å². The summed E-state index contributed by atoms with van der Waals surface area (Å²) < 4.78 is 19.6. The van der Waals surface area contributed by atoms with Crippen LogP contribution in [0.2, 0.25) is 0 Å². The van der Waals surface area contributed by atoms with Gasteiger partial charge < -0.3 is 15.8 Å². The topological polar surface area (TPSA) is 64.3 Å². The number of nitrogens with one attached hydrogen (secondary N) is 1. The summed E-state index contributed by atoms with van der Waals surface area (Å²) in [5.74, 6) is -0.486. The summed E-state index contributed by atoms with van der Waals surface area (Å²) in [7, 11) is 0. The van der Waals surface area contributed by atoms with Crippen LogP contribution in [-0.2, 0) is 11.2 Å². The van der Waals surface area contributed by atoms with Gasteiger partial charge in [-0.15, -0.1) is 0 Å². The fraction of sp³-hybridized carbons (Fsp3) is 0.471. The molecule has 1 rings (SSSR count). The van der Waals surface area contributed by atoms with Gasteiger partial charge in [-0.1, -0.05) is 6.07 Å². The molecule has 0 bridgehead atoms. The molecule has 0 spiro atoms. The summed E-state index contributed by atoms with van der Waals surface area (Å²) in [5.41, 5.74) is 6.89. The zero-order valence-electron chi connectivity index (χ0n) is 13.9. The summed E-state index contributed by atoms with van der Waals surface area (Å²) in [6.45, 7) is 9.44. The lowest BCUT2D eigenvalue weighted by Crippen LogP contribution is -2.27. The molecule has 0 aliphatic rings. The molecule has 0 fully saturated rings. The summed E-state index contributed by atoms with van der Waals surface area (Å²) in [4.78, 5) is 11.6. The molecule has 3 N–H and O–H groups in total. The van der Waals surface area contributed by atoms with Crippen molar-refractivity contribution in [2.24, 2.45) is 5.73 Å². The van der Waals surface area contributed by atoms with Gasteiger partial charge in [0, 0.05) is 29.8 Å². The molecular weight excluding hydrogens is 283 g/mol. The van der Waals surface area contributed by atoms with E-state index >= 15 is 0 Å². The van der Waals surface area contributed by atoms with Gasteiger partial charge in [0.2, 0.25) is 5.91 Å². The fourth-order valence-corrected chi connectivity index (χ4v) is 2.13. The normalized spacial score (nSPS) is 12.4. The summed E-state index contributed by atoms with van der Waals surface area (Å²) in [6.07, 6.45) is 0.123. The molecule has 0 atom stereocenters. The van der Waals surface area contributed by atoms with E-state index in [1.807, 2.05) is 27.7 Å². The Morgan fingerprint density at radius 1 is 1.32 bits per heavy atom. The molecule has 0 heterocycles. The van der Waals surface area contributed by atoms with Crippen molar-refractivity contribution in [3.63, 3.8) is 0 Å². The predicted octanol–water partition coefficient (Wildman–Crippen LogP) is 2.91. The maximum Gasteiger partial charge on any atom is 0.246 e. The number of hydrogen-bond donors (Lipinski definition) is 2. The number of halogens is 1. The van der Waals surface area contributed by atoms with E-state index in [1.165, 1.54) is 6.07 Å². The molecule has 0 aliphatic carbocycles. The minimum atomic E-state index is -0.549. The first-order chi connectivity index (χ1) is 10.2. The number of carbonyl (C=O) groups is 1. The minimum Gasteiger partial charge on any atom is -0.491 e. The number of carbonyl (C=O) groups excluding carboxylic acids is 1. The van der Waals surface area contributed by atoms with Crippen molar-refractivity contribution in [2.45, 2.75) is 53.2 Å². The highest BCUT2D eigenvalue weighted by molar-refractivity contribution is 5.93. The van der Waals surface area contributed by atoms with E-state index in [-0.39, 0.29) is 18.6 Å². The first kappa shape index (κ1) is 18.0. The maximum atomic E-state index is 14.2. The Morgan fingerprint density at radius 3 is 2.41 bits per heavy atom. The molecule has 122 valence electrons. The van der Waals surface area contributed by atoms with E-state index < -0.39 is 11.7 Å². The molecule has 1 aromatic rings. The zero-order valence-corrected chi connectivity index (χ0v) is 13.9. The first-order valence-corrected chi connectivity index (χ1v) is 7.41. The van der Waals surface area contributed by atoms with Gasteiger partial charge in [0.25, 0.3) is 0 Å². The van der Waals surface area contributed by atoms with Crippen LogP contribution in [-0.4, -0.2) is 18.1 Å². The van der Waals surface area contributed by atoms with E-state index in [9.17, 15) is 9.18 Å². The average Bonchev–Trinajstić information content (AvgIpc) is 2.35. The fourth-order valence-electron chi connectivity index (χ4n) is 2.13. The van der Waals surface area contributed by atoms with Crippen molar-refractivity contribution in [2.75, 3.05) is 0 Å². The van der Waals surface area contributed by atoms with Gasteiger partial charge in [-0.2, -0.15) is 0 Å². The maximum absolute atomic E-state index is 14.2.